The summed E-state index contributed by atoms with van der Waals surface area (Å²) in [6, 6.07) is 0.430. The highest BCUT2D eigenvalue weighted by Gasteiger charge is 2.38. The van der Waals surface area contributed by atoms with Gasteiger partial charge in [-0.1, -0.05) is 0 Å². The average molecular weight is 379 g/mol. The zero-order chi connectivity index (χ0) is 18.9. The smallest absolute Gasteiger partial charge is 0.416 e. The lowest BCUT2D eigenvalue weighted by Gasteiger charge is -2.19. The number of hydrogen-bond acceptors (Lipinski definition) is 3. The van der Waals surface area contributed by atoms with Gasteiger partial charge in [0.15, 0.2) is 0 Å². The molecule has 1 aromatic carbocycles. The average Bonchev–Trinajstić information content (AvgIpc) is 2.34. The number of sulfonamides is 1. The van der Waals surface area contributed by atoms with Crippen molar-refractivity contribution in [2.45, 2.75) is 18.1 Å². The minimum atomic E-state index is -5.07. The summed E-state index contributed by atoms with van der Waals surface area (Å²) in [6.45, 7) is -1.04. The monoisotopic (exact) mass is 379 g/mol. The first-order valence-electron chi connectivity index (χ1n) is 6.07. The first-order valence-corrected chi connectivity index (χ1v) is 7.68. The Bertz CT molecular complexity index is 726. The molecule has 0 fully saturated rings. The second-order valence-corrected chi connectivity index (χ2v) is 6.85. The molecule has 0 aliphatic rings. The van der Waals surface area contributed by atoms with Crippen LogP contribution in [0, 0.1) is 0 Å². The van der Waals surface area contributed by atoms with Crippen molar-refractivity contribution in [1.82, 2.24) is 4.31 Å². The molecule has 0 unspecified atom stereocenters. The predicted molar refractivity (Wildman–Crippen MR) is 69.3 cm³/mol. The van der Waals surface area contributed by atoms with Gasteiger partial charge in [-0.15, -0.1) is 0 Å². The van der Waals surface area contributed by atoms with Crippen LogP contribution in [0.2, 0.25) is 0 Å². The molecule has 0 spiro atoms. The van der Waals surface area contributed by atoms with Gasteiger partial charge >= 0.3 is 18.3 Å². The van der Waals surface area contributed by atoms with Gasteiger partial charge in [-0.05, 0) is 23.8 Å². The number of alkyl halides is 6. The Balaban J connectivity index is 3.36. The maximum Gasteiger partial charge on any atom is 0.416 e. The van der Waals surface area contributed by atoms with E-state index in [1.807, 2.05) is 0 Å². The van der Waals surface area contributed by atoms with Crippen LogP contribution in [0.25, 0.3) is 0 Å². The number of nitrogens with zero attached hydrogens (tertiary/aromatic N) is 1. The standard InChI is InChI=1S/C12H11F6NO4S/c1-19(5-10(20)21)24(22,23)6-7-4-8(11(13,14)15)2-3-9(7)12(16,17)18/h2-4H,5-6H2,1H3,(H,20,21). The topological polar surface area (TPSA) is 74.7 Å². The summed E-state index contributed by atoms with van der Waals surface area (Å²) < 4.78 is 101. The van der Waals surface area contributed by atoms with E-state index >= 15 is 0 Å². The van der Waals surface area contributed by atoms with E-state index in [4.69, 9.17) is 5.11 Å². The number of likely N-dealkylation sites (N-methyl/N-ethyl adjacent to an activating group) is 1. The molecule has 1 aromatic rings. The molecule has 0 saturated carbocycles. The van der Waals surface area contributed by atoms with E-state index in [1.54, 1.807) is 0 Å². The van der Waals surface area contributed by atoms with Crippen LogP contribution in [-0.2, 0) is 32.9 Å². The Morgan fingerprint density at radius 1 is 1.12 bits per heavy atom. The van der Waals surface area contributed by atoms with Gasteiger partial charge in [0, 0.05) is 7.05 Å². The van der Waals surface area contributed by atoms with Crippen LogP contribution < -0.4 is 0 Å². The summed E-state index contributed by atoms with van der Waals surface area (Å²) in [4.78, 5) is 10.5. The van der Waals surface area contributed by atoms with Crippen LogP contribution in [0.5, 0.6) is 0 Å². The number of carboxylic acids is 1. The highest BCUT2D eigenvalue weighted by atomic mass is 32.2. The molecule has 0 heterocycles. The molecule has 136 valence electrons. The summed E-state index contributed by atoms with van der Waals surface area (Å²) >= 11 is 0. The van der Waals surface area contributed by atoms with E-state index in [-0.39, 0.29) is 22.5 Å². The Morgan fingerprint density at radius 3 is 2.08 bits per heavy atom. The van der Waals surface area contributed by atoms with E-state index in [0.717, 1.165) is 7.05 Å². The van der Waals surface area contributed by atoms with Crippen molar-refractivity contribution in [2.24, 2.45) is 0 Å². The molecule has 0 aromatic heterocycles. The molecule has 0 amide bonds. The van der Waals surface area contributed by atoms with Gasteiger partial charge in [-0.3, -0.25) is 4.79 Å². The van der Waals surface area contributed by atoms with Crippen molar-refractivity contribution in [3.63, 3.8) is 0 Å². The zero-order valence-corrected chi connectivity index (χ0v) is 12.8. The van der Waals surface area contributed by atoms with E-state index in [2.05, 4.69) is 0 Å². The van der Waals surface area contributed by atoms with Gasteiger partial charge in [-0.2, -0.15) is 30.6 Å². The third-order valence-corrected chi connectivity index (χ3v) is 4.66. The SMILES string of the molecule is CN(CC(=O)O)S(=O)(=O)Cc1cc(C(F)(F)F)ccc1C(F)(F)F. The van der Waals surface area contributed by atoms with E-state index < -0.39 is 57.3 Å². The Kier molecular flexibility index (Phi) is 5.55. The largest absolute Gasteiger partial charge is 0.480 e. The molecule has 0 atom stereocenters. The molecule has 0 saturated heterocycles. The van der Waals surface area contributed by atoms with Crippen LogP contribution in [0.4, 0.5) is 26.3 Å². The Morgan fingerprint density at radius 2 is 1.67 bits per heavy atom. The lowest BCUT2D eigenvalue weighted by atomic mass is 10.0. The van der Waals surface area contributed by atoms with E-state index in [9.17, 15) is 39.6 Å². The highest BCUT2D eigenvalue weighted by Crippen LogP contribution is 2.37. The maximum absolute atomic E-state index is 12.9. The molecule has 5 nitrogen and oxygen atoms in total. The third kappa shape index (κ3) is 5.09. The number of carbonyl (C=O) groups is 1. The Labute approximate surface area is 132 Å². The summed E-state index contributed by atoms with van der Waals surface area (Å²) in [5.74, 6) is -2.99. The summed E-state index contributed by atoms with van der Waals surface area (Å²) in [7, 11) is -3.77. The lowest BCUT2D eigenvalue weighted by molar-refractivity contribution is -0.141. The van der Waals surface area contributed by atoms with Crippen molar-refractivity contribution in [3.8, 4) is 0 Å². The number of benzene rings is 1. The van der Waals surface area contributed by atoms with E-state index in [0.29, 0.717) is 0 Å². The first-order chi connectivity index (χ1) is 10.6. The minimum Gasteiger partial charge on any atom is -0.480 e. The first kappa shape index (κ1) is 20.2. The lowest BCUT2D eigenvalue weighted by Crippen LogP contribution is -2.33. The van der Waals surface area contributed by atoms with Gasteiger partial charge in [0.05, 0.1) is 16.9 Å². The Hall–Kier alpha value is -1.82. The fourth-order valence-electron chi connectivity index (χ4n) is 1.76. The van der Waals surface area contributed by atoms with Crippen molar-refractivity contribution >= 4 is 16.0 Å². The van der Waals surface area contributed by atoms with Gasteiger partial charge in [0.2, 0.25) is 10.0 Å². The van der Waals surface area contributed by atoms with Crippen LogP contribution in [-0.4, -0.2) is 37.4 Å². The fourth-order valence-corrected chi connectivity index (χ4v) is 2.92. The normalized spacial score (nSPS) is 13.3. The summed E-state index contributed by atoms with van der Waals surface area (Å²) in [5.41, 5.74) is -4.10. The second-order valence-electron chi connectivity index (χ2n) is 4.77. The maximum atomic E-state index is 12.9. The van der Waals surface area contributed by atoms with E-state index in [1.165, 1.54) is 0 Å². The van der Waals surface area contributed by atoms with Crippen molar-refractivity contribution in [3.05, 3.63) is 34.9 Å². The minimum absolute atomic E-state index is 0.0922. The number of halogens is 6. The zero-order valence-electron chi connectivity index (χ0n) is 11.9. The van der Waals surface area contributed by atoms with Crippen LogP contribution >= 0.6 is 0 Å². The third-order valence-electron chi connectivity index (χ3n) is 2.91. The molecule has 1 rings (SSSR count). The summed E-state index contributed by atoms with van der Waals surface area (Å²) in [5, 5.41) is 8.51. The van der Waals surface area contributed by atoms with Gasteiger partial charge in [0.25, 0.3) is 0 Å². The van der Waals surface area contributed by atoms with Crippen LogP contribution in [0.15, 0.2) is 18.2 Å². The number of rotatable bonds is 5. The van der Waals surface area contributed by atoms with Crippen LogP contribution in [0.1, 0.15) is 16.7 Å². The molecular formula is C12H11F6NO4S. The predicted octanol–water partition coefficient (Wildman–Crippen LogP) is 2.57. The summed E-state index contributed by atoms with van der Waals surface area (Å²) in [6.07, 6.45) is -10.0. The van der Waals surface area contributed by atoms with Gasteiger partial charge in [-0.25, -0.2) is 8.42 Å². The quantitative estimate of drug-likeness (QED) is 0.798. The number of carboxylic acid groups (broad SMARTS) is 1. The molecule has 0 aliphatic carbocycles. The fraction of sp³-hybridized carbons (Fsp3) is 0.417. The highest BCUT2D eigenvalue weighted by molar-refractivity contribution is 7.88. The van der Waals surface area contributed by atoms with Crippen molar-refractivity contribution in [2.75, 3.05) is 13.6 Å². The van der Waals surface area contributed by atoms with Gasteiger partial charge < -0.3 is 5.11 Å². The molecule has 24 heavy (non-hydrogen) atoms. The second kappa shape index (κ2) is 6.59. The van der Waals surface area contributed by atoms with Crippen LogP contribution in [0.3, 0.4) is 0 Å². The molecule has 0 aliphatic heterocycles. The van der Waals surface area contributed by atoms with Gasteiger partial charge in [0.1, 0.15) is 6.54 Å². The van der Waals surface area contributed by atoms with Crippen molar-refractivity contribution < 1.29 is 44.7 Å². The number of aliphatic carboxylic acids is 1. The molecule has 0 radical (unpaired) electrons. The molecule has 0 bridgehead atoms. The number of hydrogen-bond donors (Lipinski definition) is 1. The molecule has 1 N–H and O–H groups in total. The molecular weight excluding hydrogens is 368 g/mol. The molecule has 12 heteroatoms. The van der Waals surface area contributed by atoms with Crippen molar-refractivity contribution in [1.29, 1.82) is 0 Å².